The molecule has 0 rings (SSSR count). The lowest BCUT2D eigenvalue weighted by molar-refractivity contribution is 0.131. The minimum Gasteiger partial charge on any atom is -0.392 e. The topological polar surface area (TPSA) is 23.5 Å². The van der Waals surface area contributed by atoms with Gasteiger partial charge in [-0.25, -0.2) is 0 Å². The number of aliphatic hydroxyl groups is 1. The Balaban J connectivity index is 3.76. The van der Waals surface area contributed by atoms with Crippen molar-refractivity contribution in [3.63, 3.8) is 0 Å². The molecule has 0 aromatic carbocycles. The largest absolute Gasteiger partial charge is 0.392 e. The Morgan fingerprint density at radius 3 is 2.18 bits per heavy atom. The van der Waals surface area contributed by atoms with Gasteiger partial charge in [0.1, 0.15) is 0 Å². The predicted molar refractivity (Wildman–Crippen MR) is 51.7 cm³/mol. The van der Waals surface area contributed by atoms with Crippen LogP contribution in [0.3, 0.4) is 0 Å². The molecule has 0 amide bonds. The van der Waals surface area contributed by atoms with Crippen molar-refractivity contribution in [1.82, 2.24) is 4.90 Å². The van der Waals surface area contributed by atoms with E-state index in [1.54, 1.807) is 0 Å². The van der Waals surface area contributed by atoms with Crippen LogP contribution in [-0.4, -0.2) is 35.2 Å². The third-order valence-corrected chi connectivity index (χ3v) is 2.18. The molecule has 3 heteroatoms. The average molecular weight is 175 g/mol. The molecular weight excluding hydrogens is 158 g/mol. The van der Waals surface area contributed by atoms with Crippen LogP contribution >= 0.6 is 12.2 Å². The zero-order chi connectivity index (χ0) is 9.02. The SMILES string of the molecule is CC(C)C(O)CC(=S)N(C)C. The summed E-state index contributed by atoms with van der Waals surface area (Å²) in [4.78, 5) is 2.67. The second-order valence-corrected chi connectivity index (χ2v) is 3.77. The fourth-order valence-corrected chi connectivity index (χ4v) is 0.768. The third kappa shape index (κ3) is 4.32. The number of nitrogens with zero attached hydrogens (tertiary/aromatic N) is 1. The minimum absolute atomic E-state index is 0.285. The van der Waals surface area contributed by atoms with Gasteiger partial charge in [-0.3, -0.25) is 0 Å². The molecule has 0 saturated carbocycles. The van der Waals surface area contributed by atoms with E-state index in [1.807, 2.05) is 32.8 Å². The molecule has 1 N–H and O–H groups in total. The maximum Gasteiger partial charge on any atom is 0.0800 e. The Hall–Kier alpha value is -0.150. The Labute approximate surface area is 74.2 Å². The van der Waals surface area contributed by atoms with Crippen molar-refractivity contribution in [2.75, 3.05) is 14.1 Å². The molecule has 0 aliphatic heterocycles. The van der Waals surface area contributed by atoms with E-state index in [2.05, 4.69) is 0 Å². The molecule has 0 fully saturated rings. The van der Waals surface area contributed by atoms with Crippen LogP contribution in [0.4, 0.5) is 0 Å². The number of thiocarbonyl (C=S) groups is 1. The van der Waals surface area contributed by atoms with Crippen molar-refractivity contribution < 1.29 is 5.11 Å². The van der Waals surface area contributed by atoms with Gasteiger partial charge in [0.25, 0.3) is 0 Å². The summed E-state index contributed by atoms with van der Waals surface area (Å²) in [6, 6.07) is 0. The summed E-state index contributed by atoms with van der Waals surface area (Å²) in [5.74, 6) is 0.285. The zero-order valence-electron chi connectivity index (χ0n) is 7.66. The van der Waals surface area contributed by atoms with Crippen LogP contribution in [0.25, 0.3) is 0 Å². The molecule has 0 spiro atoms. The van der Waals surface area contributed by atoms with Gasteiger partial charge in [0, 0.05) is 20.5 Å². The summed E-state index contributed by atoms with van der Waals surface area (Å²) in [6.45, 7) is 3.98. The van der Waals surface area contributed by atoms with Gasteiger partial charge in [0.15, 0.2) is 0 Å². The molecule has 0 aliphatic rings. The van der Waals surface area contributed by atoms with Gasteiger partial charge in [-0.15, -0.1) is 0 Å². The molecule has 11 heavy (non-hydrogen) atoms. The molecule has 0 aliphatic carbocycles. The van der Waals surface area contributed by atoms with Gasteiger partial charge in [0.05, 0.1) is 11.1 Å². The van der Waals surface area contributed by atoms with Crippen molar-refractivity contribution in [1.29, 1.82) is 0 Å². The molecule has 0 aromatic rings. The van der Waals surface area contributed by atoms with E-state index >= 15 is 0 Å². The van der Waals surface area contributed by atoms with E-state index in [9.17, 15) is 5.11 Å². The Bertz CT molecular complexity index is 134. The zero-order valence-corrected chi connectivity index (χ0v) is 8.48. The average Bonchev–Trinajstić information content (AvgIpc) is 1.87. The summed E-state index contributed by atoms with van der Waals surface area (Å²) in [5, 5.41) is 9.43. The Morgan fingerprint density at radius 2 is 1.91 bits per heavy atom. The maximum absolute atomic E-state index is 9.43. The third-order valence-electron chi connectivity index (χ3n) is 1.65. The highest BCUT2D eigenvalue weighted by molar-refractivity contribution is 7.80. The molecule has 0 bridgehead atoms. The summed E-state index contributed by atoms with van der Waals surface area (Å²) >= 11 is 5.04. The van der Waals surface area contributed by atoms with Gasteiger partial charge >= 0.3 is 0 Å². The fourth-order valence-electron chi connectivity index (χ4n) is 0.597. The maximum atomic E-state index is 9.43. The molecule has 2 nitrogen and oxygen atoms in total. The lowest BCUT2D eigenvalue weighted by Crippen LogP contribution is -2.27. The molecular formula is C8H17NOS. The highest BCUT2D eigenvalue weighted by Gasteiger charge is 2.12. The van der Waals surface area contributed by atoms with Crippen LogP contribution in [0.15, 0.2) is 0 Å². The quantitative estimate of drug-likeness (QED) is 0.654. The Kier molecular flexibility index (Phi) is 4.61. The van der Waals surface area contributed by atoms with Crippen molar-refractivity contribution in [2.24, 2.45) is 5.92 Å². The molecule has 0 radical (unpaired) electrons. The second kappa shape index (κ2) is 4.67. The van der Waals surface area contributed by atoms with Gasteiger partial charge < -0.3 is 10.0 Å². The molecule has 0 heterocycles. The first kappa shape index (κ1) is 10.8. The highest BCUT2D eigenvalue weighted by Crippen LogP contribution is 2.07. The molecule has 1 unspecified atom stereocenters. The van der Waals surface area contributed by atoms with E-state index in [0.29, 0.717) is 6.42 Å². The number of rotatable bonds is 3. The standard InChI is InChI=1S/C8H17NOS/c1-6(2)7(10)5-8(11)9(3)4/h6-7,10H,5H2,1-4H3. The fraction of sp³-hybridized carbons (Fsp3) is 0.875. The number of hydrogen-bond donors (Lipinski definition) is 1. The number of aliphatic hydroxyl groups excluding tert-OH is 1. The Morgan fingerprint density at radius 1 is 1.45 bits per heavy atom. The van der Waals surface area contributed by atoms with Crippen molar-refractivity contribution in [3.8, 4) is 0 Å². The van der Waals surface area contributed by atoms with E-state index < -0.39 is 0 Å². The normalized spacial score (nSPS) is 13.3. The van der Waals surface area contributed by atoms with Crippen LogP contribution in [0, 0.1) is 5.92 Å². The first-order chi connectivity index (χ1) is 4.95. The lowest BCUT2D eigenvalue weighted by atomic mass is 10.0. The monoisotopic (exact) mass is 175 g/mol. The predicted octanol–water partition coefficient (Wildman–Crippen LogP) is 1.28. The summed E-state index contributed by atoms with van der Waals surface area (Å²) in [7, 11) is 3.80. The summed E-state index contributed by atoms with van der Waals surface area (Å²) < 4.78 is 0. The van der Waals surface area contributed by atoms with Gasteiger partial charge in [-0.1, -0.05) is 26.1 Å². The van der Waals surface area contributed by atoms with Gasteiger partial charge in [-0.05, 0) is 5.92 Å². The van der Waals surface area contributed by atoms with Crippen molar-refractivity contribution >= 4 is 17.2 Å². The van der Waals surface area contributed by atoms with E-state index in [-0.39, 0.29) is 12.0 Å². The first-order valence-corrected chi connectivity index (χ1v) is 4.24. The molecule has 66 valence electrons. The van der Waals surface area contributed by atoms with Crippen molar-refractivity contribution in [2.45, 2.75) is 26.4 Å². The van der Waals surface area contributed by atoms with Crippen LogP contribution in [0.2, 0.25) is 0 Å². The van der Waals surface area contributed by atoms with E-state index in [4.69, 9.17) is 12.2 Å². The van der Waals surface area contributed by atoms with Gasteiger partial charge in [0.2, 0.25) is 0 Å². The second-order valence-electron chi connectivity index (χ2n) is 3.30. The first-order valence-electron chi connectivity index (χ1n) is 3.83. The molecule has 1 atom stereocenters. The lowest BCUT2D eigenvalue weighted by Gasteiger charge is -2.19. The minimum atomic E-state index is -0.301. The highest BCUT2D eigenvalue weighted by atomic mass is 32.1. The summed E-state index contributed by atoms with van der Waals surface area (Å²) in [5.41, 5.74) is 0. The van der Waals surface area contributed by atoms with Crippen molar-refractivity contribution in [3.05, 3.63) is 0 Å². The van der Waals surface area contributed by atoms with Crippen LogP contribution in [0.5, 0.6) is 0 Å². The van der Waals surface area contributed by atoms with Crippen LogP contribution in [-0.2, 0) is 0 Å². The van der Waals surface area contributed by atoms with Gasteiger partial charge in [-0.2, -0.15) is 0 Å². The molecule has 0 saturated heterocycles. The van der Waals surface area contributed by atoms with Crippen LogP contribution < -0.4 is 0 Å². The summed E-state index contributed by atoms with van der Waals surface area (Å²) in [6.07, 6.45) is 0.296. The van der Waals surface area contributed by atoms with E-state index in [0.717, 1.165) is 4.99 Å². The van der Waals surface area contributed by atoms with Crippen LogP contribution in [0.1, 0.15) is 20.3 Å². The number of hydrogen-bond acceptors (Lipinski definition) is 2. The van der Waals surface area contributed by atoms with E-state index in [1.165, 1.54) is 0 Å². The molecule has 0 aromatic heterocycles. The smallest absolute Gasteiger partial charge is 0.0800 e.